The summed E-state index contributed by atoms with van der Waals surface area (Å²) in [6, 6.07) is 6.31. The Morgan fingerprint density at radius 1 is 1.64 bits per heavy atom. The highest BCUT2D eigenvalue weighted by molar-refractivity contribution is 9.10. The van der Waals surface area contributed by atoms with Crippen molar-refractivity contribution in [2.24, 2.45) is 0 Å². The van der Waals surface area contributed by atoms with Crippen LogP contribution in [0.5, 0.6) is 5.75 Å². The first-order chi connectivity index (χ1) is 6.65. The van der Waals surface area contributed by atoms with Gasteiger partial charge in [0.05, 0.1) is 11.6 Å². The molecule has 0 aliphatic heterocycles. The number of nitrogens with zero attached hydrogens (tertiary/aromatic N) is 1. The predicted molar refractivity (Wildman–Crippen MR) is 53.8 cm³/mol. The fourth-order valence-corrected chi connectivity index (χ4v) is 1.26. The maximum Gasteiger partial charge on any atom is 0.255 e. The van der Waals surface area contributed by atoms with Crippen LogP contribution in [0.1, 0.15) is 10.4 Å². The maximum absolute atomic E-state index is 11.3. The second kappa shape index (κ2) is 4.63. The van der Waals surface area contributed by atoms with Crippen molar-refractivity contribution >= 4 is 21.8 Å². The summed E-state index contributed by atoms with van der Waals surface area (Å²) in [4.78, 5) is 11.3. The zero-order valence-electron chi connectivity index (χ0n) is 7.12. The van der Waals surface area contributed by atoms with Crippen molar-refractivity contribution < 1.29 is 9.90 Å². The third-order valence-electron chi connectivity index (χ3n) is 1.53. The highest BCUT2D eigenvalue weighted by atomic mass is 79.9. The lowest BCUT2D eigenvalue weighted by molar-refractivity contribution is 0.0956. The van der Waals surface area contributed by atoms with E-state index in [1.165, 1.54) is 12.1 Å². The Morgan fingerprint density at radius 2 is 2.36 bits per heavy atom. The lowest BCUT2D eigenvalue weighted by atomic mass is 10.2. The molecule has 0 spiro atoms. The summed E-state index contributed by atoms with van der Waals surface area (Å²) in [5, 5.41) is 20.0. The molecule has 2 N–H and O–H groups in total. The number of carbonyl (C=O) groups excluding carboxylic acids is 1. The number of aromatic hydroxyl groups is 1. The van der Waals surface area contributed by atoms with Crippen LogP contribution in [0.4, 0.5) is 0 Å². The minimum atomic E-state index is -0.462. The molecule has 0 unspecified atom stereocenters. The summed E-state index contributed by atoms with van der Waals surface area (Å²) in [6.07, 6.45) is 0. The van der Waals surface area contributed by atoms with Gasteiger partial charge >= 0.3 is 0 Å². The Morgan fingerprint density at radius 3 is 2.93 bits per heavy atom. The van der Waals surface area contributed by atoms with Crippen LogP contribution in [-0.4, -0.2) is 17.6 Å². The van der Waals surface area contributed by atoms with Gasteiger partial charge < -0.3 is 10.4 Å². The summed E-state index contributed by atoms with van der Waals surface area (Å²) in [5.74, 6) is -0.577. The van der Waals surface area contributed by atoms with Crippen molar-refractivity contribution in [2.75, 3.05) is 6.54 Å². The van der Waals surface area contributed by atoms with Crippen LogP contribution >= 0.6 is 15.9 Å². The van der Waals surface area contributed by atoms with E-state index in [1.807, 2.05) is 0 Å². The molecule has 4 nitrogen and oxygen atoms in total. The van der Waals surface area contributed by atoms with Crippen molar-refractivity contribution in [1.29, 1.82) is 5.26 Å². The van der Waals surface area contributed by atoms with Crippen molar-refractivity contribution in [3.8, 4) is 11.8 Å². The van der Waals surface area contributed by atoms with E-state index in [2.05, 4.69) is 21.2 Å². The van der Waals surface area contributed by atoms with Crippen LogP contribution < -0.4 is 5.32 Å². The first-order valence-electron chi connectivity index (χ1n) is 3.79. The van der Waals surface area contributed by atoms with Crippen molar-refractivity contribution in [2.45, 2.75) is 0 Å². The Labute approximate surface area is 89.3 Å². The van der Waals surface area contributed by atoms with Gasteiger partial charge in [-0.3, -0.25) is 4.79 Å². The van der Waals surface area contributed by atoms with Gasteiger partial charge in [-0.25, -0.2) is 0 Å². The summed E-state index contributed by atoms with van der Waals surface area (Å²) >= 11 is 3.15. The van der Waals surface area contributed by atoms with Gasteiger partial charge in [0.2, 0.25) is 0 Å². The molecule has 1 rings (SSSR count). The number of nitriles is 1. The molecule has 72 valence electrons. The average molecular weight is 255 g/mol. The van der Waals surface area contributed by atoms with Gasteiger partial charge in [-0.15, -0.1) is 0 Å². The minimum absolute atomic E-state index is 0.0751. The molecule has 0 atom stereocenters. The fourth-order valence-electron chi connectivity index (χ4n) is 0.912. The summed E-state index contributed by atoms with van der Waals surface area (Å²) in [7, 11) is 0. The van der Waals surface area contributed by atoms with E-state index in [0.29, 0.717) is 4.47 Å². The molecule has 0 saturated heterocycles. The highest BCUT2D eigenvalue weighted by Crippen LogP contribution is 2.21. The van der Waals surface area contributed by atoms with Crippen LogP contribution in [0, 0.1) is 11.3 Å². The molecule has 0 heterocycles. The standard InChI is InChI=1S/C9H7BrN2O2/c10-6-1-2-7(8(13)5-6)9(14)12-4-3-11/h1-2,5,13H,4H2,(H,12,14). The molecule has 0 aliphatic rings. The first-order valence-corrected chi connectivity index (χ1v) is 4.58. The van der Waals surface area contributed by atoms with Gasteiger partial charge in [0, 0.05) is 4.47 Å². The number of hydrogen-bond donors (Lipinski definition) is 2. The number of hydrogen-bond acceptors (Lipinski definition) is 3. The lowest BCUT2D eigenvalue weighted by Gasteiger charge is -2.03. The second-order valence-electron chi connectivity index (χ2n) is 2.50. The molecule has 1 amide bonds. The van der Waals surface area contributed by atoms with Gasteiger partial charge in [-0.05, 0) is 18.2 Å². The number of carbonyl (C=O) groups is 1. The third-order valence-corrected chi connectivity index (χ3v) is 2.03. The molecule has 0 aromatic heterocycles. The summed E-state index contributed by atoms with van der Waals surface area (Å²) in [6.45, 7) is -0.0751. The second-order valence-corrected chi connectivity index (χ2v) is 3.42. The van der Waals surface area contributed by atoms with Crippen LogP contribution in [-0.2, 0) is 0 Å². The Bertz CT molecular complexity index is 398. The van der Waals surface area contributed by atoms with Crippen LogP contribution in [0.2, 0.25) is 0 Å². The zero-order valence-corrected chi connectivity index (χ0v) is 8.71. The van der Waals surface area contributed by atoms with E-state index >= 15 is 0 Å². The molecule has 14 heavy (non-hydrogen) atoms. The number of benzene rings is 1. The molecule has 1 aromatic rings. The molecule has 1 aromatic carbocycles. The van der Waals surface area contributed by atoms with E-state index in [1.54, 1.807) is 12.1 Å². The quantitative estimate of drug-likeness (QED) is 0.784. The summed E-state index contributed by atoms with van der Waals surface area (Å²) in [5.41, 5.74) is 0.156. The van der Waals surface area contributed by atoms with E-state index in [-0.39, 0.29) is 17.9 Å². The fraction of sp³-hybridized carbons (Fsp3) is 0.111. The molecule has 0 saturated carbocycles. The third kappa shape index (κ3) is 2.47. The normalized spacial score (nSPS) is 9.14. The summed E-state index contributed by atoms with van der Waals surface area (Å²) < 4.78 is 0.687. The maximum atomic E-state index is 11.3. The van der Waals surface area contributed by atoms with Crippen molar-refractivity contribution in [1.82, 2.24) is 5.32 Å². The van der Waals surface area contributed by atoms with E-state index in [0.717, 1.165) is 0 Å². The SMILES string of the molecule is N#CCNC(=O)c1ccc(Br)cc1O. The van der Waals surface area contributed by atoms with Crippen molar-refractivity contribution in [3.63, 3.8) is 0 Å². The number of phenolic OH excluding ortho intramolecular Hbond substituents is 1. The Hall–Kier alpha value is -1.54. The van der Waals surface area contributed by atoms with Crippen LogP contribution in [0.15, 0.2) is 22.7 Å². The molecule has 0 radical (unpaired) electrons. The molecule has 5 heteroatoms. The van der Waals surface area contributed by atoms with E-state index < -0.39 is 5.91 Å². The smallest absolute Gasteiger partial charge is 0.255 e. The largest absolute Gasteiger partial charge is 0.507 e. The van der Waals surface area contributed by atoms with Gasteiger partial charge in [0.1, 0.15) is 12.3 Å². The number of nitrogens with one attached hydrogen (secondary N) is 1. The van der Waals surface area contributed by atoms with Crippen molar-refractivity contribution in [3.05, 3.63) is 28.2 Å². The van der Waals surface area contributed by atoms with Crippen LogP contribution in [0.25, 0.3) is 0 Å². The van der Waals surface area contributed by atoms with Gasteiger partial charge in [0.15, 0.2) is 0 Å². The minimum Gasteiger partial charge on any atom is -0.507 e. The highest BCUT2D eigenvalue weighted by Gasteiger charge is 2.09. The Balaban J connectivity index is 2.86. The Kier molecular flexibility index (Phi) is 3.48. The van der Waals surface area contributed by atoms with Gasteiger partial charge in [-0.2, -0.15) is 5.26 Å². The van der Waals surface area contributed by atoms with Gasteiger partial charge in [-0.1, -0.05) is 15.9 Å². The van der Waals surface area contributed by atoms with Crippen LogP contribution in [0.3, 0.4) is 0 Å². The first kappa shape index (κ1) is 10.5. The molecule has 0 fully saturated rings. The average Bonchev–Trinajstić information content (AvgIpc) is 2.14. The number of halogens is 1. The molecular weight excluding hydrogens is 248 g/mol. The lowest BCUT2D eigenvalue weighted by Crippen LogP contribution is -2.23. The number of phenols is 1. The molecule has 0 bridgehead atoms. The zero-order chi connectivity index (χ0) is 10.6. The number of amides is 1. The van der Waals surface area contributed by atoms with E-state index in [9.17, 15) is 9.90 Å². The van der Waals surface area contributed by atoms with Gasteiger partial charge in [0.25, 0.3) is 5.91 Å². The molecular formula is C9H7BrN2O2. The monoisotopic (exact) mass is 254 g/mol. The number of rotatable bonds is 2. The van der Waals surface area contributed by atoms with E-state index in [4.69, 9.17) is 5.26 Å². The molecule has 0 aliphatic carbocycles. The predicted octanol–water partition coefficient (Wildman–Crippen LogP) is 1.41. The topological polar surface area (TPSA) is 73.1 Å².